The highest BCUT2D eigenvalue weighted by atomic mass is 19.3. The van der Waals surface area contributed by atoms with Gasteiger partial charge in [0, 0.05) is 0 Å². The summed E-state index contributed by atoms with van der Waals surface area (Å²) in [5, 5.41) is 5.46. The van der Waals surface area contributed by atoms with Crippen LogP contribution in [-0.2, 0) is 10.7 Å². The van der Waals surface area contributed by atoms with Crippen LogP contribution in [0.4, 0.5) is 17.6 Å². The van der Waals surface area contributed by atoms with Crippen LogP contribution in [0, 0.1) is 0 Å². The average Bonchev–Trinajstić information content (AvgIpc) is 2.65. The largest absolute Gasteiger partial charge is 0.462 e. The van der Waals surface area contributed by atoms with Crippen LogP contribution < -0.4 is 0 Å². The van der Waals surface area contributed by atoms with Crippen molar-refractivity contribution >= 4 is 5.97 Å². The summed E-state index contributed by atoms with van der Waals surface area (Å²) in [6, 6.07) is 0. The fourth-order valence-corrected chi connectivity index (χ4v) is 0.621. The van der Waals surface area contributed by atoms with E-state index in [-0.39, 0.29) is 0 Å². The molecule has 0 atom stereocenters. The van der Waals surface area contributed by atoms with Crippen LogP contribution in [0.25, 0.3) is 0 Å². The lowest BCUT2D eigenvalue weighted by atomic mass is 10.3. The van der Waals surface area contributed by atoms with E-state index in [0.29, 0.717) is 0 Å². The lowest BCUT2D eigenvalue weighted by Crippen LogP contribution is -2.23. The fraction of sp³-hybridized carbons (Fsp3) is 0.500. The number of aromatic nitrogens is 2. The number of hydrogen-bond acceptors (Lipinski definition) is 5. The molecule has 0 saturated heterocycles. The van der Waals surface area contributed by atoms with Gasteiger partial charge in [-0.3, -0.25) is 0 Å². The third kappa shape index (κ3) is 2.05. The Morgan fingerprint density at radius 2 is 2.07 bits per heavy atom. The summed E-state index contributed by atoms with van der Waals surface area (Å²) in [4.78, 5) is 10.7. The molecular formula is C6H4F4N2O3. The first kappa shape index (κ1) is 11.4. The van der Waals surface area contributed by atoms with E-state index in [1.54, 1.807) is 0 Å². The minimum Gasteiger partial charge on any atom is -0.462 e. The van der Waals surface area contributed by atoms with Crippen molar-refractivity contribution in [2.45, 2.75) is 12.3 Å². The number of nitrogens with zero attached hydrogens (tertiary/aromatic N) is 2. The zero-order valence-electron chi connectivity index (χ0n) is 7.21. The van der Waals surface area contributed by atoms with Gasteiger partial charge in [-0.25, -0.2) is 13.6 Å². The fourth-order valence-electron chi connectivity index (χ4n) is 0.621. The molecule has 0 aliphatic rings. The number of esters is 1. The third-order valence-corrected chi connectivity index (χ3v) is 1.34. The smallest absolute Gasteiger partial charge is 0.396 e. The monoisotopic (exact) mass is 228 g/mol. The number of methoxy groups -OCH3 is 1. The van der Waals surface area contributed by atoms with Gasteiger partial charge in [-0.2, -0.15) is 8.78 Å². The van der Waals surface area contributed by atoms with Crippen LogP contribution in [0.5, 0.6) is 0 Å². The normalized spacial score (nSPS) is 11.9. The summed E-state index contributed by atoms with van der Waals surface area (Å²) < 4.78 is 56.8. The van der Waals surface area contributed by atoms with E-state index in [1.165, 1.54) is 0 Å². The molecule has 0 N–H and O–H groups in total. The van der Waals surface area contributed by atoms with E-state index in [9.17, 15) is 22.4 Å². The predicted octanol–water partition coefficient (Wildman–Crippen LogP) is 1.21. The number of hydrogen-bond donors (Lipinski definition) is 0. The zero-order valence-corrected chi connectivity index (χ0v) is 7.21. The Kier molecular flexibility index (Phi) is 2.91. The summed E-state index contributed by atoms with van der Waals surface area (Å²) in [5.74, 6) is -8.30. The first-order valence-corrected chi connectivity index (χ1v) is 3.48. The van der Waals surface area contributed by atoms with Gasteiger partial charge in [-0.1, -0.05) is 0 Å². The zero-order chi connectivity index (χ0) is 11.6. The predicted molar refractivity (Wildman–Crippen MR) is 35.5 cm³/mol. The molecule has 1 aromatic rings. The second-order valence-electron chi connectivity index (χ2n) is 2.33. The molecule has 0 spiro atoms. The summed E-state index contributed by atoms with van der Waals surface area (Å²) in [6.07, 6.45) is -4.00. The van der Waals surface area contributed by atoms with Crippen LogP contribution in [0.1, 0.15) is 16.6 Å². The lowest BCUT2D eigenvalue weighted by Gasteiger charge is -2.08. The first-order valence-electron chi connectivity index (χ1n) is 3.48. The Morgan fingerprint density at radius 3 is 2.53 bits per heavy atom. The SMILES string of the molecule is COC(=O)c1nnc(C(F)(F)C(F)F)o1. The highest BCUT2D eigenvalue weighted by Crippen LogP contribution is 2.33. The van der Waals surface area contributed by atoms with Crippen LogP contribution in [0.3, 0.4) is 0 Å². The Morgan fingerprint density at radius 1 is 1.47 bits per heavy atom. The minimum absolute atomic E-state index is 0.909. The Bertz CT molecular complexity index is 365. The van der Waals surface area contributed by atoms with Crippen molar-refractivity contribution in [3.8, 4) is 0 Å². The maximum absolute atomic E-state index is 12.6. The van der Waals surface area contributed by atoms with Gasteiger partial charge in [-0.05, 0) is 0 Å². The molecule has 1 heterocycles. The van der Waals surface area contributed by atoms with Gasteiger partial charge < -0.3 is 9.15 Å². The molecule has 0 aliphatic heterocycles. The average molecular weight is 228 g/mol. The minimum atomic E-state index is -4.58. The molecule has 0 unspecified atom stereocenters. The van der Waals surface area contributed by atoms with Gasteiger partial charge >= 0.3 is 24.2 Å². The van der Waals surface area contributed by atoms with Gasteiger partial charge in [0.15, 0.2) is 0 Å². The molecule has 0 aromatic carbocycles. The van der Waals surface area contributed by atoms with E-state index in [1.807, 2.05) is 0 Å². The highest BCUT2D eigenvalue weighted by molar-refractivity contribution is 5.83. The van der Waals surface area contributed by atoms with Crippen molar-refractivity contribution in [1.29, 1.82) is 0 Å². The van der Waals surface area contributed by atoms with Crippen molar-refractivity contribution in [2.75, 3.05) is 7.11 Å². The van der Waals surface area contributed by atoms with Crippen molar-refractivity contribution in [3.63, 3.8) is 0 Å². The van der Waals surface area contributed by atoms with E-state index in [2.05, 4.69) is 19.4 Å². The van der Waals surface area contributed by atoms with Gasteiger partial charge in [0.25, 0.3) is 5.89 Å². The molecule has 9 heteroatoms. The van der Waals surface area contributed by atoms with Crippen LogP contribution in [0.15, 0.2) is 4.42 Å². The summed E-state index contributed by atoms with van der Waals surface area (Å²) in [7, 11) is 0.942. The summed E-state index contributed by atoms with van der Waals surface area (Å²) in [5.41, 5.74) is 0. The maximum Gasteiger partial charge on any atom is 0.396 e. The molecule has 1 aromatic heterocycles. The maximum atomic E-state index is 12.6. The topological polar surface area (TPSA) is 65.2 Å². The van der Waals surface area contributed by atoms with Crippen molar-refractivity contribution < 1.29 is 31.5 Å². The second kappa shape index (κ2) is 3.83. The molecule has 0 amide bonds. The van der Waals surface area contributed by atoms with E-state index in [4.69, 9.17) is 0 Å². The van der Waals surface area contributed by atoms with Crippen LogP contribution in [-0.4, -0.2) is 29.7 Å². The molecule has 0 aliphatic carbocycles. The van der Waals surface area contributed by atoms with Gasteiger partial charge in [0.05, 0.1) is 7.11 Å². The third-order valence-electron chi connectivity index (χ3n) is 1.34. The van der Waals surface area contributed by atoms with Gasteiger partial charge in [0.2, 0.25) is 0 Å². The molecule has 5 nitrogen and oxygen atoms in total. The molecule has 0 radical (unpaired) electrons. The molecule has 0 fully saturated rings. The molecule has 0 saturated carbocycles. The summed E-state index contributed by atoms with van der Waals surface area (Å²) in [6.45, 7) is 0. The van der Waals surface area contributed by atoms with Gasteiger partial charge in [0.1, 0.15) is 0 Å². The van der Waals surface area contributed by atoms with E-state index < -0.39 is 30.1 Å². The quantitative estimate of drug-likeness (QED) is 0.574. The second-order valence-corrected chi connectivity index (χ2v) is 2.33. The van der Waals surface area contributed by atoms with Crippen LogP contribution >= 0.6 is 0 Å². The molecular weight excluding hydrogens is 224 g/mol. The Labute approximate surface area is 80.0 Å². The van der Waals surface area contributed by atoms with Gasteiger partial charge in [-0.15, -0.1) is 10.2 Å². The number of ether oxygens (including phenoxy) is 1. The Hall–Kier alpha value is -1.67. The van der Waals surface area contributed by atoms with Crippen molar-refractivity contribution in [3.05, 3.63) is 11.8 Å². The Balaban J connectivity index is 2.98. The molecule has 84 valence electrons. The number of rotatable bonds is 3. The molecule has 0 bridgehead atoms. The molecule has 1 rings (SSSR count). The standard InChI is InChI=1S/C6H4F4N2O3/c1-14-3(13)2-11-12-5(15-2)6(9,10)4(7)8/h4H,1H3. The van der Waals surface area contributed by atoms with Crippen molar-refractivity contribution in [1.82, 2.24) is 10.2 Å². The first-order chi connectivity index (χ1) is 6.89. The number of carbonyl (C=O) groups excluding carboxylic acids is 1. The summed E-state index contributed by atoms with van der Waals surface area (Å²) >= 11 is 0. The van der Waals surface area contributed by atoms with Crippen molar-refractivity contribution in [2.24, 2.45) is 0 Å². The number of halogens is 4. The van der Waals surface area contributed by atoms with Crippen LogP contribution in [0.2, 0.25) is 0 Å². The van der Waals surface area contributed by atoms with E-state index in [0.717, 1.165) is 7.11 Å². The number of alkyl halides is 4. The number of carbonyl (C=O) groups is 1. The highest BCUT2D eigenvalue weighted by Gasteiger charge is 2.48. The van der Waals surface area contributed by atoms with E-state index >= 15 is 0 Å². The lowest BCUT2D eigenvalue weighted by molar-refractivity contribution is -0.151. The molecule has 15 heavy (non-hydrogen) atoms.